The summed E-state index contributed by atoms with van der Waals surface area (Å²) in [5.41, 5.74) is 1.77. The van der Waals surface area contributed by atoms with E-state index in [1.807, 2.05) is 13.0 Å². The zero-order valence-electron chi connectivity index (χ0n) is 9.50. The fraction of sp³-hybridized carbons (Fsp3) is 0.182. The third kappa shape index (κ3) is 1.65. The molecule has 0 amide bonds. The standard InChI is InChI=1S/C11H9IN4O2/c1-2-18-7-3-4-9-10(5-7)15-11(16(17)14-9)8(12)6-13-15/h3-6H,2H2,1H3. The van der Waals surface area contributed by atoms with Crippen LogP contribution in [0, 0.1) is 8.78 Å². The monoisotopic (exact) mass is 356 g/mol. The molecule has 2 aromatic heterocycles. The van der Waals surface area contributed by atoms with Crippen molar-refractivity contribution in [3.8, 4) is 5.75 Å². The Morgan fingerprint density at radius 2 is 2.33 bits per heavy atom. The number of hydrogen-bond donors (Lipinski definition) is 0. The van der Waals surface area contributed by atoms with E-state index in [0.717, 1.165) is 14.8 Å². The van der Waals surface area contributed by atoms with Gasteiger partial charge in [0.1, 0.15) is 9.32 Å². The Hall–Kier alpha value is -1.64. The summed E-state index contributed by atoms with van der Waals surface area (Å²) in [5.74, 6) is 0.738. The lowest BCUT2D eigenvalue weighted by atomic mass is 10.3. The Bertz CT molecular complexity index is 741. The molecule has 0 N–H and O–H groups in total. The van der Waals surface area contributed by atoms with Gasteiger partial charge in [0.2, 0.25) is 0 Å². The molecule has 7 heteroatoms. The van der Waals surface area contributed by atoms with E-state index < -0.39 is 0 Å². The summed E-state index contributed by atoms with van der Waals surface area (Å²) in [4.78, 5) is 0.595. The second-order valence-corrected chi connectivity index (χ2v) is 4.85. The van der Waals surface area contributed by atoms with Gasteiger partial charge in [-0.2, -0.15) is 0 Å². The van der Waals surface area contributed by atoms with Gasteiger partial charge in [-0.3, -0.25) is 0 Å². The lowest BCUT2D eigenvalue weighted by molar-refractivity contribution is -0.643. The molecule has 18 heavy (non-hydrogen) atoms. The van der Waals surface area contributed by atoms with E-state index in [1.54, 1.807) is 22.8 Å². The van der Waals surface area contributed by atoms with Gasteiger partial charge in [0.05, 0.1) is 12.8 Å². The highest BCUT2D eigenvalue weighted by Gasteiger charge is 2.17. The van der Waals surface area contributed by atoms with Gasteiger partial charge in [0.15, 0.2) is 11.0 Å². The molecule has 3 rings (SSSR count). The van der Waals surface area contributed by atoms with Gasteiger partial charge in [-0.05, 0) is 41.6 Å². The van der Waals surface area contributed by atoms with Crippen LogP contribution in [-0.2, 0) is 0 Å². The summed E-state index contributed by atoms with van der Waals surface area (Å²) in [7, 11) is 0. The number of benzene rings is 1. The fourth-order valence-electron chi connectivity index (χ4n) is 1.83. The topological polar surface area (TPSA) is 66.4 Å². The van der Waals surface area contributed by atoms with E-state index in [9.17, 15) is 5.21 Å². The average Bonchev–Trinajstić information content (AvgIpc) is 2.74. The van der Waals surface area contributed by atoms with Crippen molar-refractivity contribution < 1.29 is 9.58 Å². The lowest BCUT2D eigenvalue weighted by Gasteiger charge is -2.05. The molecule has 1 aromatic carbocycles. The third-order valence-corrected chi connectivity index (χ3v) is 3.33. The number of hydrogen-bond acceptors (Lipinski definition) is 4. The van der Waals surface area contributed by atoms with Crippen LogP contribution in [0.4, 0.5) is 0 Å². The lowest BCUT2D eigenvalue weighted by Crippen LogP contribution is -2.34. The predicted octanol–water partition coefficient (Wildman–Crippen LogP) is 1.52. The molecule has 0 aliphatic heterocycles. The van der Waals surface area contributed by atoms with Gasteiger partial charge in [-0.1, -0.05) is 14.7 Å². The number of fused-ring (bicyclic) bond motifs is 3. The van der Waals surface area contributed by atoms with E-state index in [2.05, 4.69) is 32.8 Å². The highest BCUT2D eigenvalue weighted by molar-refractivity contribution is 14.1. The van der Waals surface area contributed by atoms with Crippen molar-refractivity contribution in [1.82, 2.24) is 14.7 Å². The van der Waals surface area contributed by atoms with Crippen LogP contribution in [0.2, 0.25) is 0 Å². The van der Waals surface area contributed by atoms with Crippen LogP contribution >= 0.6 is 22.6 Å². The second-order valence-electron chi connectivity index (χ2n) is 3.68. The van der Waals surface area contributed by atoms with Gasteiger partial charge in [0.25, 0.3) is 0 Å². The maximum atomic E-state index is 11.8. The van der Waals surface area contributed by atoms with Crippen LogP contribution in [-0.4, -0.2) is 21.3 Å². The van der Waals surface area contributed by atoms with Crippen molar-refractivity contribution in [3.05, 3.63) is 33.2 Å². The predicted molar refractivity (Wildman–Crippen MR) is 73.3 cm³/mol. The molecule has 0 fully saturated rings. The van der Waals surface area contributed by atoms with Gasteiger partial charge in [0, 0.05) is 6.07 Å². The molecule has 6 nitrogen and oxygen atoms in total. The van der Waals surface area contributed by atoms with Crippen molar-refractivity contribution in [2.24, 2.45) is 0 Å². The third-order valence-electron chi connectivity index (χ3n) is 2.57. The van der Waals surface area contributed by atoms with Crippen molar-refractivity contribution in [2.75, 3.05) is 6.61 Å². The second kappa shape index (κ2) is 4.23. The number of rotatable bonds is 2. The summed E-state index contributed by atoms with van der Waals surface area (Å²) in [6.45, 7) is 2.51. The summed E-state index contributed by atoms with van der Waals surface area (Å²) in [6.07, 6.45) is 1.64. The fourth-order valence-corrected chi connectivity index (χ4v) is 2.39. The van der Waals surface area contributed by atoms with E-state index >= 15 is 0 Å². The van der Waals surface area contributed by atoms with Gasteiger partial charge < -0.3 is 9.94 Å². The first-order chi connectivity index (χ1) is 8.70. The maximum absolute atomic E-state index is 11.8. The maximum Gasteiger partial charge on any atom is 0.347 e. The first-order valence-electron chi connectivity index (χ1n) is 5.40. The first kappa shape index (κ1) is 11.5. The van der Waals surface area contributed by atoms with Crippen molar-refractivity contribution in [1.29, 1.82) is 0 Å². The molecule has 2 heterocycles. The number of nitrogens with zero attached hydrogens (tertiary/aromatic N) is 4. The minimum Gasteiger partial charge on any atom is -0.691 e. The molecular formula is C11H9IN4O2. The molecule has 0 bridgehead atoms. The molecule has 3 aromatic rings. The number of halogens is 1. The molecule has 0 unspecified atom stereocenters. The zero-order chi connectivity index (χ0) is 12.7. The minimum atomic E-state index is 0.428. The van der Waals surface area contributed by atoms with Crippen molar-refractivity contribution >= 4 is 39.3 Å². The highest BCUT2D eigenvalue weighted by atomic mass is 127. The molecule has 0 aliphatic rings. The molecular weight excluding hydrogens is 347 g/mol. The summed E-state index contributed by atoms with van der Waals surface area (Å²) >= 11 is 2.06. The molecule has 0 spiro atoms. The van der Waals surface area contributed by atoms with Crippen LogP contribution < -0.4 is 9.58 Å². The first-order valence-corrected chi connectivity index (χ1v) is 6.48. The van der Waals surface area contributed by atoms with E-state index in [0.29, 0.717) is 22.6 Å². The van der Waals surface area contributed by atoms with Crippen LogP contribution in [0.5, 0.6) is 5.75 Å². The van der Waals surface area contributed by atoms with Crippen molar-refractivity contribution in [3.63, 3.8) is 0 Å². The molecule has 0 atom stereocenters. The van der Waals surface area contributed by atoms with Crippen molar-refractivity contribution in [2.45, 2.75) is 6.92 Å². The Balaban J connectivity index is 2.39. The van der Waals surface area contributed by atoms with Crippen LogP contribution in [0.15, 0.2) is 24.4 Å². The Labute approximate surface area is 116 Å². The largest absolute Gasteiger partial charge is 0.691 e. The summed E-state index contributed by atoms with van der Waals surface area (Å²) in [5, 5.41) is 20.0. The molecule has 92 valence electrons. The Morgan fingerprint density at radius 1 is 1.50 bits per heavy atom. The summed E-state index contributed by atoms with van der Waals surface area (Å²) in [6, 6.07) is 5.38. The molecule has 0 aliphatic carbocycles. The molecule has 0 saturated heterocycles. The van der Waals surface area contributed by atoms with E-state index in [-0.39, 0.29) is 0 Å². The van der Waals surface area contributed by atoms with Gasteiger partial charge >= 0.3 is 5.65 Å². The van der Waals surface area contributed by atoms with E-state index in [1.165, 1.54) is 0 Å². The Kier molecular flexibility index (Phi) is 2.69. The average molecular weight is 356 g/mol. The summed E-state index contributed by atoms with van der Waals surface area (Å²) < 4.78 is 7.79. The normalized spacial score (nSPS) is 11.2. The van der Waals surface area contributed by atoms with E-state index in [4.69, 9.17) is 4.74 Å². The molecule has 0 saturated carbocycles. The number of ether oxygens (including phenoxy) is 1. The Morgan fingerprint density at radius 3 is 3.11 bits per heavy atom. The quantitative estimate of drug-likeness (QED) is 0.397. The van der Waals surface area contributed by atoms with Gasteiger partial charge in [-0.15, -0.1) is 4.85 Å². The van der Waals surface area contributed by atoms with Gasteiger partial charge in [-0.25, -0.2) is 0 Å². The highest BCUT2D eigenvalue weighted by Crippen LogP contribution is 2.20. The van der Waals surface area contributed by atoms with Crippen LogP contribution in [0.1, 0.15) is 6.92 Å². The van der Waals surface area contributed by atoms with Crippen LogP contribution in [0.25, 0.3) is 16.7 Å². The smallest absolute Gasteiger partial charge is 0.347 e. The number of aromatic nitrogens is 4. The SMILES string of the molecule is CCOc1ccc2n[n+]([O-])c3c(I)cnn3c2c1. The van der Waals surface area contributed by atoms with Crippen LogP contribution in [0.3, 0.4) is 0 Å². The zero-order valence-corrected chi connectivity index (χ0v) is 11.7. The molecule has 0 radical (unpaired) electrons. The minimum absolute atomic E-state index is 0.428.